The molecule has 0 rings (SSSR count). The molecule has 0 radical (unpaired) electrons. The minimum Gasteiger partial charge on any atom is -0.328 e. The Kier molecular flexibility index (Phi) is 24.2. The van der Waals surface area contributed by atoms with Gasteiger partial charge in [0.25, 0.3) is 0 Å². The van der Waals surface area contributed by atoms with Gasteiger partial charge >= 0.3 is 0 Å². The summed E-state index contributed by atoms with van der Waals surface area (Å²) in [5, 5.41) is 0. The molecule has 0 fully saturated rings. The van der Waals surface area contributed by atoms with Gasteiger partial charge in [0, 0.05) is 6.04 Å². The number of nitrogens with two attached hydrogens (primary N) is 1. The SMILES string of the molecule is CCCCCCCCCCCCC(CCCC)CC(N)CCCCCCCCC. The van der Waals surface area contributed by atoms with Crippen molar-refractivity contribution < 1.29 is 0 Å². The summed E-state index contributed by atoms with van der Waals surface area (Å²) in [6.45, 7) is 6.93. The van der Waals surface area contributed by atoms with Crippen LogP contribution in [0.5, 0.6) is 0 Å². The van der Waals surface area contributed by atoms with Crippen LogP contribution in [0, 0.1) is 5.92 Å². The summed E-state index contributed by atoms with van der Waals surface area (Å²) in [4.78, 5) is 0. The molecule has 29 heavy (non-hydrogen) atoms. The monoisotopic (exact) mass is 409 g/mol. The van der Waals surface area contributed by atoms with Crippen LogP contribution in [-0.2, 0) is 0 Å². The third kappa shape index (κ3) is 22.5. The van der Waals surface area contributed by atoms with Gasteiger partial charge in [-0.3, -0.25) is 0 Å². The lowest BCUT2D eigenvalue weighted by molar-refractivity contribution is 0.346. The topological polar surface area (TPSA) is 26.0 Å². The molecule has 0 aromatic carbocycles. The highest BCUT2D eigenvalue weighted by Crippen LogP contribution is 2.24. The van der Waals surface area contributed by atoms with Gasteiger partial charge in [0.05, 0.1) is 0 Å². The van der Waals surface area contributed by atoms with E-state index in [-0.39, 0.29) is 0 Å². The Balaban J connectivity index is 3.71. The molecule has 0 aromatic rings. The van der Waals surface area contributed by atoms with Crippen LogP contribution < -0.4 is 5.73 Å². The van der Waals surface area contributed by atoms with Gasteiger partial charge in [-0.15, -0.1) is 0 Å². The van der Waals surface area contributed by atoms with E-state index in [1.54, 1.807) is 0 Å². The van der Waals surface area contributed by atoms with Crippen LogP contribution >= 0.6 is 0 Å². The van der Waals surface area contributed by atoms with E-state index in [2.05, 4.69) is 20.8 Å². The van der Waals surface area contributed by atoms with Crippen molar-refractivity contribution in [3.05, 3.63) is 0 Å². The fourth-order valence-electron chi connectivity index (χ4n) is 4.70. The molecule has 0 heterocycles. The molecule has 176 valence electrons. The predicted octanol–water partition coefficient (Wildman–Crippen LogP) is 9.96. The number of hydrogen-bond donors (Lipinski definition) is 1. The molecule has 0 amide bonds. The third-order valence-corrected chi connectivity index (χ3v) is 6.75. The smallest absolute Gasteiger partial charge is 0.00414 e. The maximum Gasteiger partial charge on any atom is 0.00414 e. The van der Waals surface area contributed by atoms with Gasteiger partial charge in [0.1, 0.15) is 0 Å². The van der Waals surface area contributed by atoms with Crippen LogP contribution in [0.4, 0.5) is 0 Å². The first kappa shape index (κ1) is 29.0. The van der Waals surface area contributed by atoms with E-state index in [4.69, 9.17) is 5.73 Å². The predicted molar refractivity (Wildman–Crippen MR) is 135 cm³/mol. The summed E-state index contributed by atoms with van der Waals surface area (Å²) in [5.41, 5.74) is 6.53. The van der Waals surface area contributed by atoms with E-state index in [1.807, 2.05) is 0 Å². The highest BCUT2D eigenvalue weighted by Gasteiger charge is 2.13. The highest BCUT2D eigenvalue weighted by atomic mass is 14.6. The third-order valence-electron chi connectivity index (χ3n) is 6.75. The molecule has 1 nitrogen and oxygen atoms in total. The minimum atomic E-state index is 0.454. The Morgan fingerprint density at radius 1 is 0.414 bits per heavy atom. The van der Waals surface area contributed by atoms with Crippen LogP contribution in [0.3, 0.4) is 0 Å². The molecule has 2 atom stereocenters. The van der Waals surface area contributed by atoms with Gasteiger partial charge in [-0.1, -0.05) is 156 Å². The molecular weight excluding hydrogens is 350 g/mol. The Morgan fingerprint density at radius 3 is 1.21 bits per heavy atom. The van der Waals surface area contributed by atoms with Crippen LogP contribution in [0.1, 0.15) is 168 Å². The van der Waals surface area contributed by atoms with Crippen molar-refractivity contribution in [1.29, 1.82) is 0 Å². The average Bonchev–Trinajstić information content (AvgIpc) is 2.72. The first-order valence-electron chi connectivity index (χ1n) is 14.0. The second-order valence-electron chi connectivity index (χ2n) is 9.88. The molecule has 0 saturated carbocycles. The lowest BCUT2D eigenvalue weighted by Gasteiger charge is -2.21. The van der Waals surface area contributed by atoms with Gasteiger partial charge < -0.3 is 5.73 Å². The molecule has 0 aliphatic carbocycles. The first-order chi connectivity index (χ1) is 14.2. The molecular formula is C28H59N. The Hall–Kier alpha value is -0.0400. The Bertz CT molecular complexity index is 288. The van der Waals surface area contributed by atoms with E-state index in [0.717, 1.165) is 5.92 Å². The van der Waals surface area contributed by atoms with Crippen molar-refractivity contribution >= 4 is 0 Å². The zero-order valence-corrected chi connectivity index (χ0v) is 21.0. The molecule has 0 aliphatic heterocycles. The second kappa shape index (κ2) is 24.2. The maximum atomic E-state index is 6.53. The first-order valence-corrected chi connectivity index (χ1v) is 14.0. The van der Waals surface area contributed by atoms with Crippen molar-refractivity contribution in [2.75, 3.05) is 0 Å². The van der Waals surface area contributed by atoms with Crippen LogP contribution in [0.25, 0.3) is 0 Å². The number of unbranched alkanes of at least 4 members (excludes halogenated alkanes) is 16. The van der Waals surface area contributed by atoms with E-state index in [9.17, 15) is 0 Å². The van der Waals surface area contributed by atoms with E-state index in [0.29, 0.717) is 6.04 Å². The second-order valence-corrected chi connectivity index (χ2v) is 9.88. The lowest BCUT2D eigenvalue weighted by atomic mass is 9.88. The average molecular weight is 410 g/mol. The largest absolute Gasteiger partial charge is 0.328 e. The fraction of sp³-hybridized carbons (Fsp3) is 1.00. The molecule has 0 aromatic heterocycles. The molecule has 0 bridgehead atoms. The van der Waals surface area contributed by atoms with Crippen molar-refractivity contribution in [3.63, 3.8) is 0 Å². The Morgan fingerprint density at radius 2 is 0.759 bits per heavy atom. The van der Waals surface area contributed by atoms with Gasteiger partial charge in [-0.25, -0.2) is 0 Å². The zero-order valence-electron chi connectivity index (χ0n) is 21.0. The summed E-state index contributed by atoms with van der Waals surface area (Å²) in [7, 11) is 0. The van der Waals surface area contributed by atoms with Crippen molar-refractivity contribution in [2.24, 2.45) is 11.7 Å². The van der Waals surface area contributed by atoms with E-state index in [1.165, 1.54) is 148 Å². The van der Waals surface area contributed by atoms with Gasteiger partial charge in [-0.2, -0.15) is 0 Å². The van der Waals surface area contributed by atoms with Crippen LogP contribution in [-0.4, -0.2) is 6.04 Å². The fourth-order valence-corrected chi connectivity index (χ4v) is 4.70. The Labute approximate surface area is 186 Å². The molecule has 0 saturated heterocycles. The molecule has 2 N–H and O–H groups in total. The maximum absolute atomic E-state index is 6.53. The van der Waals surface area contributed by atoms with Gasteiger partial charge in [0.15, 0.2) is 0 Å². The lowest BCUT2D eigenvalue weighted by Crippen LogP contribution is -2.23. The summed E-state index contributed by atoms with van der Waals surface area (Å²) in [6.07, 6.45) is 32.4. The summed E-state index contributed by atoms with van der Waals surface area (Å²) >= 11 is 0. The van der Waals surface area contributed by atoms with Crippen LogP contribution in [0.2, 0.25) is 0 Å². The normalized spacial score (nSPS) is 13.7. The van der Waals surface area contributed by atoms with Gasteiger partial charge in [-0.05, 0) is 18.8 Å². The molecule has 0 aliphatic rings. The summed E-state index contributed by atoms with van der Waals surface area (Å²) in [6, 6.07) is 0.454. The minimum absolute atomic E-state index is 0.454. The van der Waals surface area contributed by atoms with Crippen molar-refractivity contribution in [1.82, 2.24) is 0 Å². The molecule has 0 spiro atoms. The van der Waals surface area contributed by atoms with E-state index >= 15 is 0 Å². The zero-order chi connectivity index (χ0) is 21.4. The standard InChI is InChI=1S/C28H59N/c1-4-7-10-12-14-15-16-18-19-21-24-27(23-9-6-3)26-28(29)25-22-20-17-13-11-8-5-2/h27-28H,4-26,29H2,1-3H3. The summed E-state index contributed by atoms with van der Waals surface area (Å²) in [5.74, 6) is 0.892. The molecule has 1 heteroatoms. The molecule has 2 unspecified atom stereocenters. The van der Waals surface area contributed by atoms with Gasteiger partial charge in [0.2, 0.25) is 0 Å². The van der Waals surface area contributed by atoms with Crippen molar-refractivity contribution in [2.45, 2.75) is 174 Å². The number of hydrogen-bond acceptors (Lipinski definition) is 1. The van der Waals surface area contributed by atoms with Crippen LogP contribution in [0.15, 0.2) is 0 Å². The summed E-state index contributed by atoms with van der Waals surface area (Å²) < 4.78 is 0. The number of rotatable bonds is 24. The van der Waals surface area contributed by atoms with E-state index < -0.39 is 0 Å². The van der Waals surface area contributed by atoms with Crippen molar-refractivity contribution in [3.8, 4) is 0 Å². The highest BCUT2D eigenvalue weighted by molar-refractivity contribution is 4.70. The quantitative estimate of drug-likeness (QED) is 0.158.